The largest absolute Gasteiger partial charge is 0.215 e. The SMILES string of the molecule is Cc1ccsc1-c1nc(Cl)c(C(C)C)c(Cl)n1. The summed E-state index contributed by atoms with van der Waals surface area (Å²) in [6.45, 7) is 6.06. The number of aryl methyl sites for hydroxylation is 1. The number of hydrogen-bond acceptors (Lipinski definition) is 3. The molecule has 2 heterocycles. The summed E-state index contributed by atoms with van der Waals surface area (Å²) >= 11 is 13.9. The normalized spacial score (nSPS) is 11.2. The maximum absolute atomic E-state index is 6.17. The van der Waals surface area contributed by atoms with Crippen LogP contribution in [0.15, 0.2) is 11.4 Å². The zero-order chi connectivity index (χ0) is 12.6. The van der Waals surface area contributed by atoms with Gasteiger partial charge in [0.2, 0.25) is 0 Å². The first-order valence-corrected chi connectivity index (χ1v) is 6.91. The minimum atomic E-state index is 0.216. The highest BCUT2D eigenvalue weighted by molar-refractivity contribution is 7.13. The lowest BCUT2D eigenvalue weighted by atomic mass is 10.1. The van der Waals surface area contributed by atoms with E-state index in [0.717, 1.165) is 16.0 Å². The van der Waals surface area contributed by atoms with Crippen LogP contribution in [-0.2, 0) is 0 Å². The molecule has 2 rings (SSSR count). The summed E-state index contributed by atoms with van der Waals surface area (Å²) in [5, 5.41) is 2.90. The lowest BCUT2D eigenvalue weighted by Gasteiger charge is -2.10. The zero-order valence-corrected chi connectivity index (χ0v) is 12.1. The first-order chi connectivity index (χ1) is 8.00. The molecule has 2 aromatic heterocycles. The molecule has 0 saturated carbocycles. The summed E-state index contributed by atoms with van der Waals surface area (Å²) in [5.41, 5.74) is 1.95. The van der Waals surface area contributed by atoms with E-state index in [1.54, 1.807) is 11.3 Å². The third-order valence-corrected chi connectivity index (χ3v) is 4.08. The Labute approximate surface area is 115 Å². The van der Waals surface area contributed by atoms with Gasteiger partial charge in [0.1, 0.15) is 10.3 Å². The highest BCUT2D eigenvalue weighted by Gasteiger charge is 2.16. The Morgan fingerprint density at radius 1 is 1.18 bits per heavy atom. The van der Waals surface area contributed by atoms with E-state index < -0.39 is 0 Å². The Kier molecular flexibility index (Phi) is 3.71. The van der Waals surface area contributed by atoms with Gasteiger partial charge in [-0.2, -0.15) is 0 Å². The van der Waals surface area contributed by atoms with Crippen LogP contribution in [0.5, 0.6) is 0 Å². The first-order valence-electron chi connectivity index (χ1n) is 5.28. The lowest BCUT2D eigenvalue weighted by molar-refractivity contribution is 0.848. The van der Waals surface area contributed by atoms with Gasteiger partial charge in [0.15, 0.2) is 5.82 Å². The smallest absolute Gasteiger partial charge is 0.172 e. The van der Waals surface area contributed by atoms with Crippen LogP contribution in [0.4, 0.5) is 0 Å². The second-order valence-corrected chi connectivity index (χ2v) is 5.76. The van der Waals surface area contributed by atoms with Gasteiger partial charge in [-0.1, -0.05) is 37.0 Å². The van der Waals surface area contributed by atoms with Crippen LogP contribution < -0.4 is 0 Å². The number of nitrogens with zero attached hydrogens (tertiary/aromatic N) is 2. The van der Waals surface area contributed by atoms with E-state index in [1.165, 1.54) is 0 Å². The van der Waals surface area contributed by atoms with E-state index in [-0.39, 0.29) is 5.92 Å². The molecule has 0 saturated heterocycles. The van der Waals surface area contributed by atoms with E-state index in [9.17, 15) is 0 Å². The van der Waals surface area contributed by atoms with Gasteiger partial charge in [0.05, 0.1) is 4.88 Å². The van der Waals surface area contributed by atoms with Gasteiger partial charge in [-0.05, 0) is 29.9 Å². The summed E-state index contributed by atoms with van der Waals surface area (Å²) in [6.07, 6.45) is 0. The predicted octanol–water partition coefficient (Wildman–Crippen LogP) is 4.94. The van der Waals surface area contributed by atoms with Crippen LogP contribution in [0.2, 0.25) is 10.3 Å². The van der Waals surface area contributed by atoms with Crippen LogP contribution in [0.25, 0.3) is 10.7 Å². The molecule has 0 spiro atoms. The lowest BCUT2D eigenvalue weighted by Crippen LogP contribution is -1.99. The molecule has 0 fully saturated rings. The molecule has 17 heavy (non-hydrogen) atoms. The van der Waals surface area contributed by atoms with Crippen molar-refractivity contribution in [1.29, 1.82) is 0 Å². The van der Waals surface area contributed by atoms with Gasteiger partial charge in [0, 0.05) is 5.56 Å². The topological polar surface area (TPSA) is 25.8 Å². The van der Waals surface area contributed by atoms with Gasteiger partial charge >= 0.3 is 0 Å². The molecule has 0 unspecified atom stereocenters. The quantitative estimate of drug-likeness (QED) is 0.731. The summed E-state index contributed by atoms with van der Waals surface area (Å²) < 4.78 is 0. The Morgan fingerprint density at radius 3 is 2.18 bits per heavy atom. The predicted molar refractivity (Wildman–Crippen MR) is 74.2 cm³/mol. The third-order valence-electron chi connectivity index (χ3n) is 2.50. The van der Waals surface area contributed by atoms with E-state index in [1.807, 2.05) is 32.2 Å². The Bertz CT molecular complexity index is 526. The van der Waals surface area contributed by atoms with E-state index >= 15 is 0 Å². The van der Waals surface area contributed by atoms with Crippen LogP contribution >= 0.6 is 34.5 Å². The van der Waals surface area contributed by atoms with Gasteiger partial charge in [0.25, 0.3) is 0 Å². The van der Waals surface area contributed by atoms with Gasteiger partial charge in [-0.3, -0.25) is 0 Å². The number of halogens is 2. The Hall–Kier alpha value is -0.640. The molecule has 0 amide bonds. The van der Waals surface area contributed by atoms with Gasteiger partial charge in [-0.25, -0.2) is 9.97 Å². The number of hydrogen-bond donors (Lipinski definition) is 0. The molecule has 5 heteroatoms. The van der Waals surface area contributed by atoms with E-state index in [2.05, 4.69) is 9.97 Å². The van der Waals surface area contributed by atoms with Crippen molar-refractivity contribution in [3.05, 3.63) is 32.9 Å². The number of rotatable bonds is 2. The molecule has 90 valence electrons. The molecular formula is C12H12Cl2N2S. The van der Waals surface area contributed by atoms with E-state index in [4.69, 9.17) is 23.2 Å². The summed E-state index contributed by atoms with van der Waals surface area (Å²) in [4.78, 5) is 9.70. The van der Waals surface area contributed by atoms with Crippen LogP contribution in [-0.4, -0.2) is 9.97 Å². The average Bonchev–Trinajstić information content (AvgIpc) is 2.62. The van der Waals surface area contributed by atoms with Crippen molar-refractivity contribution in [2.24, 2.45) is 0 Å². The summed E-state index contributed by atoms with van der Waals surface area (Å²) in [5.74, 6) is 0.824. The number of aromatic nitrogens is 2. The first kappa shape index (κ1) is 12.8. The molecule has 0 N–H and O–H groups in total. The number of thiophene rings is 1. The van der Waals surface area contributed by atoms with E-state index in [0.29, 0.717) is 16.1 Å². The monoisotopic (exact) mass is 286 g/mol. The van der Waals surface area contributed by atoms with Crippen molar-refractivity contribution in [1.82, 2.24) is 9.97 Å². The highest BCUT2D eigenvalue weighted by Crippen LogP contribution is 2.33. The third kappa shape index (κ3) is 2.46. The molecular weight excluding hydrogens is 275 g/mol. The maximum atomic E-state index is 6.17. The molecule has 2 aromatic rings. The minimum Gasteiger partial charge on any atom is -0.215 e. The minimum absolute atomic E-state index is 0.216. The Balaban J connectivity index is 2.57. The molecule has 0 aliphatic rings. The van der Waals surface area contributed by atoms with Gasteiger partial charge < -0.3 is 0 Å². The second kappa shape index (κ2) is 4.92. The van der Waals surface area contributed by atoms with Crippen LogP contribution in [0, 0.1) is 6.92 Å². The van der Waals surface area contributed by atoms with Gasteiger partial charge in [-0.15, -0.1) is 11.3 Å². The van der Waals surface area contributed by atoms with Crippen LogP contribution in [0.3, 0.4) is 0 Å². The fourth-order valence-corrected chi connectivity index (χ4v) is 3.28. The van der Waals surface area contributed by atoms with Crippen molar-refractivity contribution in [2.75, 3.05) is 0 Å². The van der Waals surface area contributed by atoms with Crippen LogP contribution in [0.1, 0.15) is 30.9 Å². The fourth-order valence-electron chi connectivity index (χ4n) is 1.60. The van der Waals surface area contributed by atoms with Crippen molar-refractivity contribution in [2.45, 2.75) is 26.7 Å². The zero-order valence-electron chi connectivity index (χ0n) is 9.79. The Morgan fingerprint density at radius 2 is 1.76 bits per heavy atom. The van der Waals surface area contributed by atoms with Crippen molar-refractivity contribution < 1.29 is 0 Å². The maximum Gasteiger partial charge on any atom is 0.172 e. The van der Waals surface area contributed by atoms with Crippen molar-refractivity contribution >= 4 is 34.5 Å². The van der Waals surface area contributed by atoms with Crippen molar-refractivity contribution in [3.63, 3.8) is 0 Å². The molecule has 0 aliphatic carbocycles. The second-order valence-electron chi connectivity index (χ2n) is 4.13. The standard InChI is InChI=1S/C12H12Cl2N2S/c1-6(2)8-10(13)15-12(16-11(8)14)9-7(3)4-5-17-9/h4-6H,1-3H3. The highest BCUT2D eigenvalue weighted by atomic mass is 35.5. The fraction of sp³-hybridized carbons (Fsp3) is 0.333. The molecule has 0 aliphatic heterocycles. The molecule has 0 aromatic carbocycles. The summed E-state index contributed by atoms with van der Waals surface area (Å²) in [7, 11) is 0. The van der Waals surface area contributed by atoms with Crippen molar-refractivity contribution in [3.8, 4) is 10.7 Å². The molecule has 0 atom stereocenters. The summed E-state index contributed by atoms with van der Waals surface area (Å²) in [6, 6.07) is 2.03. The molecule has 0 radical (unpaired) electrons. The molecule has 0 bridgehead atoms. The average molecular weight is 287 g/mol. The molecule has 2 nitrogen and oxygen atoms in total.